The number of amides is 1. The molecule has 1 heterocycles. The van der Waals surface area contributed by atoms with Crippen LogP contribution in [-0.4, -0.2) is 16.6 Å². The van der Waals surface area contributed by atoms with Crippen LogP contribution < -0.4 is 5.32 Å². The van der Waals surface area contributed by atoms with E-state index < -0.39 is 0 Å². The molecule has 0 aliphatic rings. The number of carbonyl (C=O) groups is 1. The minimum absolute atomic E-state index is 0.102. The van der Waals surface area contributed by atoms with Crippen LogP contribution in [0.25, 0.3) is 0 Å². The van der Waals surface area contributed by atoms with Crippen molar-refractivity contribution in [3.8, 4) is 6.07 Å². The number of carbonyl (C=O) groups excluding carboxylic acids is 1. The van der Waals surface area contributed by atoms with Crippen molar-refractivity contribution >= 4 is 29.3 Å². The molecule has 6 heteroatoms. The average molecular weight is 346 g/mol. The summed E-state index contributed by atoms with van der Waals surface area (Å²) in [5.74, 6) is 0.101. The lowest BCUT2D eigenvalue weighted by atomic mass is 10.1. The van der Waals surface area contributed by atoms with Crippen LogP contribution in [0.4, 0.5) is 0 Å². The Morgan fingerprint density at radius 3 is 2.70 bits per heavy atom. The molecule has 1 aromatic heterocycles. The molecular weight excluding hydrogens is 330 g/mol. The van der Waals surface area contributed by atoms with Crippen LogP contribution in [-0.2, 0) is 11.3 Å². The van der Waals surface area contributed by atoms with Gasteiger partial charge in [-0.3, -0.25) is 4.79 Å². The Bertz CT molecular complexity index is 757. The van der Waals surface area contributed by atoms with Crippen LogP contribution in [0.1, 0.15) is 22.4 Å². The number of aryl methyl sites for hydroxylation is 1. The third-order valence-electron chi connectivity index (χ3n) is 3.29. The first kappa shape index (κ1) is 17.3. The number of pyridine rings is 1. The van der Waals surface area contributed by atoms with Crippen LogP contribution in [0.3, 0.4) is 0 Å². The van der Waals surface area contributed by atoms with Gasteiger partial charge in [-0.05, 0) is 25.0 Å². The van der Waals surface area contributed by atoms with Gasteiger partial charge in [0.15, 0.2) is 0 Å². The topological polar surface area (TPSA) is 65.8 Å². The number of nitriles is 1. The summed E-state index contributed by atoms with van der Waals surface area (Å²) in [4.78, 5) is 16.3. The number of hydrogen-bond donors (Lipinski definition) is 1. The van der Waals surface area contributed by atoms with Gasteiger partial charge in [-0.2, -0.15) is 5.26 Å². The van der Waals surface area contributed by atoms with E-state index in [-0.39, 0.29) is 11.7 Å². The zero-order valence-electron chi connectivity index (χ0n) is 12.9. The summed E-state index contributed by atoms with van der Waals surface area (Å²) in [6, 6.07) is 11.8. The van der Waals surface area contributed by atoms with Gasteiger partial charge in [-0.15, -0.1) is 0 Å². The maximum absolute atomic E-state index is 12.0. The molecule has 1 N–H and O–H groups in total. The van der Waals surface area contributed by atoms with Crippen LogP contribution in [0.15, 0.2) is 35.4 Å². The number of nitrogens with zero attached hydrogens (tertiary/aromatic N) is 2. The first-order chi connectivity index (χ1) is 11.0. The standard InChI is InChI=1S/C17H16ClN3OS/c1-11-14(8-19)17(21-12(2)16(11)18)23-10-15(22)20-9-13-6-4-3-5-7-13/h3-7H,9-10H2,1-2H3,(H,20,22). The second-order valence-electron chi connectivity index (χ2n) is 4.98. The van der Waals surface area contributed by atoms with Gasteiger partial charge in [0.25, 0.3) is 0 Å². The summed E-state index contributed by atoms with van der Waals surface area (Å²) in [5.41, 5.74) is 2.84. The van der Waals surface area contributed by atoms with Crippen molar-refractivity contribution in [3.63, 3.8) is 0 Å². The van der Waals surface area contributed by atoms with Gasteiger partial charge in [0.05, 0.1) is 22.0 Å². The monoisotopic (exact) mass is 345 g/mol. The van der Waals surface area contributed by atoms with Crippen LogP contribution in [0.2, 0.25) is 5.02 Å². The maximum atomic E-state index is 12.0. The summed E-state index contributed by atoms with van der Waals surface area (Å²) in [6.45, 7) is 4.06. The average Bonchev–Trinajstić information content (AvgIpc) is 2.57. The predicted octanol–water partition coefficient (Wildman–Crippen LogP) is 3.63. The summed E-state index contributed by atoms with van der Waals surface area (Å²) in [6.07, 6.45) is 0. The molecule has 0 saturated heterocycles. The summed E-state index contributed by atoms with van der Waals surface area (Å²) >= 11 is 7.36. The van der Waals surface area contributed by atoms with Gasteiger partial charge in [0.1, 0.15) is 11.1 Å². The SMILES string of the molecule is Cc1nc(SCC(=O)NCc2ccccc2)c(C#N)c(C)c1Cl. The van der Waals surface area contributed by atoms with Gasteiger partial charge in [0.2, 0.25) is 5.91 Å². The number of hydrogen-bond acceptors (Lipinski definition) is 4. The molecule has 0 aliphatic heterocycles. The molecule has 0 bridgehead atoms. The van der Waals surface area contributed by atoms with Crippen LogP contribution in [0, 0.1) is 25.2 Å². The molecule has 0 saturated carbocycles. The Morgan fingerprint density at radius 2 is 2.04 bits per heavy atom. The third-order valence-corrected chi connectivity index (χ3v) is 4.82. The number of rotatable bonds is 5. The molecule has 0 spiro atoms. The zero-order valence-corrected chi connectivity index (χ0v) is 14.5. The Labute approximate surface area is 144 Å². The van der Waals surface area contributed by atoms with Crippen molar-refractivity contribution in [1.82, 2.24) is 10.3 Å². The van der Waals surface area contributed by atoms with E-state index in [1.807, 2.05) is 30.3 Å². The molecule has 23 heavy (non-hydrogen) atoms. The van der Waals surface area contributed by atoms with Crippen LogP contribution >= 0.6 is 23.4 Å². The van der Waals surface area contributed by atoms with E-state index in [1.54, 1.807) is 13.8 Å². The van der Waals surface area contributed by atoms with Crippen molar-refractivity contribution in [2.75, 3.05) is 5.75 Å². The van der Waals surface area contributed by atoms with Gasteiger partial charge < -0.3 is 5.32 Å². The highest BCUT2D eigenvalue weighted by Crippen LogP contribution is 2.29. The lowest BCUT2D eigenvalue weighted by Crippen LogP contribution is -2.24. The smallest absolute Gasteiger partial charge is 0.230 e. The quantitative estimate of drug-likeness (QED) is 0.840. The van der Waals surface area contributed by atoms with E-state index in [0.717, 1.165) is 5.56 Å². The maximum Gasteiger partial charge on any atom is 0.230 e. The number of benzene rings is 1. The second-order valence-corrected chi connectivity index (χ2v) is 6.32. The van der Waals surface area contributed by atoms with Gasteiger partial charge in [-0.25, -0.2) is 4.98 Å². The van der Waals surface area contributed by atoms with E-state index in [1.165, 1.54) is 11.8 Å². The number of nitrogens with one attached hydrogen (secondary N) is 1. The largest absolute Gasteiger partial charge is 0.351 e. The Balaban J connectivity index is 1.98. The predicted molar refractivity (Wildman–Crippen MR) is 92.4 cm³/mol. The van der Waals surface area contributed by atoms with Gasteiger partial charge >= 0.3 is 0 Å². The Kier molecular flexibility index (Phi) is 6.03. The minimum atomic E-state index is -0.102. The molecule has 118 valence electrons. The lowest BCUT2D eigenvalue weighted by Gasteiger charge is -2.10. The number of halogens is 1. The number of aromatic nitrogens is 1. The Morgan fingerprint density at radius 1 is 1.35 bits per heavy atom. The van der Waals surface area contributed by atoms with Crippen LogP contribution in [0.5, 0.6) is 0 Å². The molecule has 0 aliphatic carbocycles. The molecule has 2 aromatic rings. The van der Waals surface area contributed by atoms with Crippen molar-refractivity contribution in [2.24, 2.45) is 0 Å². The zero-order chi connectivity index (χ0) is 16.8. The molecule has 1 amide bonds. The third kappa shape index (κ3) is 4.47. The fourth-order valence-corrected chi connectivity index (χ4v) is 3.07. The molecule has 4 nitrogen and oxygen atoms in total. The van der Waals surface area contributed by atoms with Gasteiger partial charge in [-0.1, -0.05) is 53.7 Å². The highest BCUT2D eigenvalue weighted by molar-refractivity contribution is 8.00. The van der Waals surface area contributed by atoms with E-state index in [0.29, 0.717) is 33.4 Å². The van der Waals surface area contributed by atoms with Crippen molar-refractivity contribution in [2.45, 2.75) is 25.4 Å². The fourth-order valence-electron chi connectivity index (χ4n) is 2.02. The van der Waals surface area contributed by atoms with E-state index >= 15 is 0 Å². The van der Waals surface area contributed by atoms with Crippen molar-refractivity contribution in [3.05, 3.63) is 57.7 Å². The fraction of sp³-hybridized carbons (Fsp3) is 0.235. The molecule has 0 fully saturated rings. The van der Waals surface area contributed by atoms with Gasteiger partial charge in [0, 0.05) is 6.54 Å². The first-order valence-corrected chi connectivity index (χ1v) is 8.39. The first-order valence-electron chi connectivity index (χ1n) is 7.03. The molecule has 0 unspecified atom stereocenters. The summed E-state index contributed by atoms with van der Waals surface area (Å²) in [5, 5.41) is 13.2. The Hall–Kier alpha value is -2.03. The molecule has 1 aromatic carbocycles. The van der Waals surface area contributed by atoms with E-state index in [4.69, 9.17) is 11.6 Å². The summed E-state index contributed by atoms with van der Waals surface area (Å²) in [7, 11) is 0. The molecule has 0 atom stereocenters. The van der Waals surface area contributed by atoms with Crippen molar-refractivity contribution < 1.29 is 4.79 Å². The minimum Gasteiger partial charge on any atom is -0.351 e. The normalized spacial score (nSPS) is 10.2. The number of thioether (sulfide) groups is 1. The van der Waals surface area contributed by atoms with Crippen molar-refractivity contribution in [1.29, 1.82) is 5.26 Å². The lowest BCUT2D eigenvalue weighted by molar-refractivity contribution is -0.118. The molecule has 2 rings (SSSR count). The highest BCUT2D eigenvalue weighted by Gasteiger charge is 2.15. The van der Waals surface area contributed by atoms with E-state index in [2.05, 4.69) is 16.4 Å². The second kappa shape index (κ2) is 8.00. The highest BCUT2D eigenvalue weighted by atomic mass is 35.5. The molecular formula is C17H16ClN3OS. The van der Waals surface area contributed by atoms with E-state index in [9.17, 15) is 10.1 Å². The summed E-state index contributed by atoms with van der Waals surface area (Å²) < 4.78 is 0. The molecule has 0 radical (unpaired) electrons.